The standard InChI is InChI=1S/C33H34NO/c1-32(2,3)30-21-24(22-31(35-30)33(4,5)6)17-16-23-18-19-29-27(20-23)26-14-10-11-15-28(26)34(29)25-12-8-7-9-13-25/h7-22H,1-6H3/q+1/b23-16+. The zero-order chi connectivity index (χ0) is 24.8. The first-order valence-corrected chi connectivity index (χ1v) is 12.4. The van der Waals surface area contributed by atoms with Gasteiger partial charge >= 0.3 is 0 Å². The minimum Gasteiger partial charge on any atom is -0.465 e. The Morgan fingerprint density at radius 2 is 1.29 bits per heavy atom. The third kappa shape index (κ3) is 4.53. The Morgan fingerprint density at radius 1 is 0.657 bits per heavy atom. The van der Waals surface area contributed by atoms with Crippen LogP contribution in [0.3, 0.4) is 0 Å². The molecule has 0 aliphatic carbocycles. The maximum atomic E-state index is 6.31. The van der Waals surface area contributed by atoms with Gasteiger partial charge in [-0.25, -0.2) is 0 Å². The van der Waals surface area contributed by atoms with Crippen molar-refractivity contribution in [3.63, 3.8) is 0 Å². The van der Waals surface area contributed by atoms with E-state index in [0.717, 1.165) is 17.1 Å². The van der Waals surface area contributed by atoms with Gasteiger partial charge in [-0.1, -0.05) is 84.0 Å². The molecule has 0 N–H and O–H groups in total. The van der Waals surface area contributed by atoms with E-state index in [1.807, 2.05) is 0 Å². The molecule has 0 fully saturated rings. The second-order valence-electron chi connectivity index (χ2n) is 11.4. The van der Waals surface area contributed by atoms with E-state index in [4.69, 9.17) is 4.74 Å². The first-order valence-electron chi connectivity index (χ1n) is 12.4. The van der Waals surface area contributed by atoms with E-state index < -0.39 is 0 Å². The van der Waals surface area contributed by atoms with E-state index in [2.05, 4.69) is 143 Å². The fourth-order valence-electron chi connectivity index (χ4n) is 4.50. The van der Waals surface area contributed by atoms with Crippen LogP contribution >= 0.6 is 0 Å². The second kappa shape index (κ2) is 8.53. The van der Waals surface area contributed by atoms with E-state index in [0.29, 0.717) is 0 Å². The summed E-state index contributed by atoms with van der Waals surface area (Å²) < 4.78 is 8.66. The molecule has 176 valence electrons. The van der Waals surface area contributed by atoms with Gasteiger partial charge in [-0.05, 0) is 41.1 Å². The molecule has 2 nitrogen and oxygen atoms in total. The summed E-state index contributed by atoms with van der Waals surface area (Å²) in [7, 11) is 0. The van der Waals surface area contributed by atoms with Crippen molar-refractivity contribution < 1.29 is 4.74 Å². The Kier molecular flexibility index (Phi) is 5.63. The Bertz CT molecular complexity index is 1470. The van der Waals surface area contributed by atoms with Crippen molar-refractivity contribution in [2.24, 2.45) is 10.8 Å². The zero-order valence-electron chi connectivity index (χ0n) is 21.6. The maximum absolute atomic E-state index is 6.31. The molecule has 3 aromatic carbocycles. The SMILES string of the molecule is CC(C)(C)C1=CC(=C/C=c2\ccc3c(c2)-c2ccccc2[N+]=3c2ccccc2)C=C(C(C)(C)C)O1. The Balaban J connectivity index is 1.63. The number of hydrogen-bond donors (Lipinski definition) is 0. The van der Waals surface area contributed by atoms with Crippen molar-refractivity contribution in [1.82, 2.24) is 4.58 Å². The molecule has 0 radical (unpaired) electrons. The first-order chi connectivity index (χ1) is 16.6. The van der Waals surface area contributed by atoms with Crippen molar-refractivity contribution in [3.8, 4) is 11.1 Å². The van der Waals surface area contributed by atoms with Crippen LogP contribution in [-0.4, -0.2) is 0 Å². The van der Waals surface area contributed by atoms with Crippen LogP contribution < -0.4 is 15.2 Å². The predicted molar refractivity (Wildman–Crippen MR) is 147 cm³/mol. The highest BCUT2D eigenvalue weighted by molar-refractivity contribution is 5.82. The largest absolute Gasteiger partial charge is 0.465 e. The average Bonchev–Trinajstić information content (AvgIpc) is 3.16. The molecule has 0 atom stereocenters. The van der Waals surface area contributed by atoms with Crippen molar-refractivity contribution >= 4 is 17.5 Å². The third-order valence-corrected chi connectivity index (χ3v) is 6.47. The normalized spacial score (nSPS) is 15.8. The number of allylic oxidation sites excluding steroid dienone is 6. The van der Waals surface area contributed by atoms with Gasteiger partial charge in [-0.3, -0.25) is 0 Å². The fourth-order valence-corrected chi connectivity index (χ4v) is 4.50. The van der Waals surface area contributed by atoms with E-state index in [1.54, 1.807) is 0 Å². The summed E-state index contributed by atoms with van der Waals surface area (Å²) in [6.45, 7) is 13.2. The molecule has 2 heterocycles. The first kappa shape index (κ1) is 23.1. The fraction of sp³-hybridized carbons (Fsp3) is 0.242. The van der Waals surface area contributed by atoms with Crippen molar-refractivity contribution in [2.75, 3.05) is 0 Å². The molecule has 0 spiro atoms. The summed E-state index contributed by atoms with van der Waals surface area (Å²) in [6, 6.07) is 26.0. The minimum absolute atomic E-state index is 0.0535. The lowest BCUT2D eigenvalue weighted by atomic mass is 9.87. The van der Waals surface area contributed by atoms with Crippen LogP contribution in [0.2, 0.25) is 0 Å². The van der Waals surface area contributed by atoms with Crippen LogP contribution in [0, 0.1) is 10.8 Å². The Labute approximate surface area is 208 Å². The van der Waals surface area contributed by atoms with Crippen molar-refractivity contribution in [2.45, 2.75) is 41.5 Å². The lowest BCUT2D eigenvalue weighted by molar-refractivity contribution is 0.161. The number of benzene rings is 3. The maximum Gasteiger partial charge on any atom is 0.219 e. The predicted octanol–water partition coefficient (Wildman–Crippen LogP) is 7.42. The molecular formula is C33H34NO+. The lowest BCUT2D eigenvalue weighted by Gasteiger charge is -2.32. The zero-order valence-corrected chi connectivity index (χ0v) is 21.6. The molecule has 0 unspecified atom stereocenters. The van der Waals surface area contributed by atoms with Crippen molar-refractivity contribution in [1.29, 1.82) is 0 Å². The van der Waals surface area contributed by atoms with Gasteiger partial charge in [0.2, 0.25) is 16.7 Å². The number of fused-ring (bicyclic) bond motifs is 3. The number of rotatable bonds is 2. The van der Waals surface area contributed by atoms with E-state index in [1.165, 1.54) is 33.1 Å². The molecule has 3 aromatic rings. The van der Waals surface area contributed by atoms with E-state index >= 15 is 0 Å². The van der Waals surface area contributed by atoms with Crippen LogP contribution in [0.1, 0.15) is 41.5 Å². The van der Waals surface area contributed by atoms with Gasteiger partial charge in [0.25, 0.3) is 0 Å². The minimum atomic E-state index is -0.0535. The summed E-state index contributed by atoms with van der Waals surface area (Å²) in [4.78, 5) is 0. The second-order valence-corrected chi connectivity index (χ2v) is 11.4. The number of nitrogens with zero attached hydrogens (tertiary/aromatic N) is 1. The van der Waals surface area contributed by atoms with Gasteiger partial charge < -0.3 is 4.74 Å². The highest BCUT2D eigenvalue weighted by Gasteiger charge is 2.29. The highest BCUT2D eigenvalue weighted by atomic mass is 16.5. The van der Waals surface area contributed by atoms with E-state index in [9.17, 15) is 0 Å². The molecule has 5 rings (SSSR count). The van der Waals surface area contributed by atoms with Gasteiger partial charge in [0.1, 0.15) is 11.5 Å². The molecule has 0 saturated heterocycles. The smallest absolute Gasteiger partial charge is 0.219 e. The summed E-state index contributed by atoms with van der Waals surface area (Å²) in [5.74, 6) is 2.01. The monoisotopic (exact) mass is 460 g/mol. The van der Waals surface area contributed by atoms with Gasteiger partial charge in [-0.15, -0.1) is 0 Å². The van der Waals surface area contributed by atoms with Crippen LogP contribution in [0.5, 0.6) is 0 Å². The molecule has 0 aromatic heterocycles. The van der Waals surface area contributed by atoms with Crippen molar-refractivity contribution in [3.05, 3.63) is 119 Å². The lowest BCUT2D eigenvalue weighted by Crippen LogP contribution is -2.21. The van der Waals surface area contributed by atoms with Crippen LogP contribution in [0.4, 0.5) is 11.4 Å². The van der Waals surface area contributed by atoms with Crippen LogP contribution in [-0.2, 0) is 4.74 Å². The summed E-state index contributed by atoms with van der Waals surface area (Å²) in [5, 5.41) is 2.40. The van der Waals surface area contributed by atoms with Gasteiger partial charge in [0.05, 0.1) is 11.1 Å². The highest BCUT2D eigenvalue weighted by Crippen LogP contribution is 2.39. The average molecular weight is 461 g/mol. The van der Waals surface area contributed by atoms with Gasteiger partial charge in [-0.2, -0.15) is 4.58 Å². The Hall–Kier alpha value is -3.65. The summed E-state index contributed by atoms with van der Waals surface area (Å²) >= 11 is 0. The number of para-hydroxylation sites is 2. The molecule has 0 bridgehead atoms. The van der Waals surface area contributed by atoms with Crippen LogP contribution in [0.25, 0.3) is 17.2 Å². The van der Waals surface area contributed by atoms with Crippen LogP contribution in [0.15, 0.2) is 108 Å². The number of hydrogen-bond acceptors (Lipinski definition) is 1. The van der Waals surface area contributed by atoms with Gasteiger partial charge in [0, 0.05) is 35.1 Å². The summed E-state index contributed by atoms with van der Waals surface area (Å²) in [5.41, 5.74) is 6.00. The Morgan fingerprint density at radius 3 is 1.94 bits per heavy atom. The van der Waals surface area contributed by atoms with E-state index in [-0.39, 0.29) is 10.8 Å². The summed E-state index contributed by atoms with van der Waals surface area (Å²) in [6.07, 6.45) is 8.76. The molecule has 0 saturated carbocycles. The third-order valence-electron chi connectivity index (χ3n) is 6.47. The molecule has 2 aliphatic heterocycles. The quantitative estimate of drug-likeness (QED) is 0.284. The van der Waals surface area contributed by atoms with Gasteiger partial charge in [0.15, 0.2) is 0 Å². The molecule has 2 aliphatic rings. The number of ether oxygens (including phenoxy) is 1. The molecule has 0 amide bonds. The molecule has 2 heteroatoms. The molecular weight excluding hydrogens is 426 g/mol. The molecule has 35 heavy (non-hydrogen) atoms. The topological polar surface area (TPSA) is 12.2 Å².